The van der Waals surface area contributed by atoms with Crippen LogP contribution in [0, 0.1) is 13.8 Å². The Morgan fingerprint density at radius 2 is 2.00 bits per heavy atom. The minimum absolute atomic E-state index is 0.0174. The van der Waals surface area contributed by atoms with Crippen LogP contribution in [0.4, 0.5) is 0 Å². The molecule has 0 saturated carbocycles. The smallest absolute Gasteiger partial charge is 0.335 e. The number of rotatable bonds is 7. The molecule has 116 valence electrons. The Labute approximate surface area is 126 Å². The molecule has 0 radical (unpaired) electrons. The summed E-state index contributed by atoms with van der Waals surface area (Å²) < 4.78 is 26.4. The van der Waals surface area contributed by atoms with Crippen LogP contribution in [0.1, 0.15) is 34.3 Å². The van der Waals surface area contributed by atoms with E-state index < -0.39 is 16.0 Å². The molecule has 0 heterocycles. The van der Waals surface area contributed by atoms with E-state index in [0.717, 1.165) is 6.42 Å². The molecule has 0 fully saturated rings. The van der Waals surface area contributed by atoms with Crippen LogP contribution in [-0.2, 0) is 10.0 Å². The number of carboxylic acid groups (broad SMARTS) is 1. The van der Waals surface area contributed by atoms with Gasteiger partial charge in [0.15, 0.2) is 0 Å². The van der Waals surface area contributed by atoms with E-state index in [0.29, 0.717) is 24.1 Å². The molecule has 5 nitrogen and oxygen atoms in total. The second-order valence-electron chi connectivity index (χ2n) is 4.98. The van der Waals surface area contributed by atoms with E-state index in [1.165, 1.54) is 23.5 Å². The van der Waals surface area contributed by atoms with Gasteiger partial charge in [-0.25, -0.2) is 17.5 Å². The molecule has 1 N–H and O–H groups in total. The quantitative estimate of drug-likeness (QED) is 0.620. The molecule has 0 spiro atoms. The Hall–Kier alpha value is -1.66. The lowest BCUT2D eigenvalue weighted by Crippen LogP contribution is -2.29. The zero-order valence-corrected chi connectivity index (χ0v) is 13.4. The van der Waals surface area contributed by atoms with Gasteiger partial charge >= 0.3 is 5.97 Å². The van der Waals surface area contributed by atoms with Crippen LogP contribution in [0.5, 0.6) is 0 Å². The van der Waals surface area contributed by atoms with Crippen LogP contribution in [0.15, 0.2) is 29.7 Å². The summed E-state index contributed by atoms with van der Waals surface area (Å²) >= 11 is 0. The second-order valence-corrected chi connectivity index (χ2v) is 6.99. The monoisotopic (exact) mass is 311 g/mol. The minimum Gasteiger partial charge on any atom is -0.478 e. The topological polar surface area (TPSA) is 74.7 Å². The van der Waals surface area contributed by atoms with Crippen molar-refractivity contribution in [2.24, 2.45) is 0 Å². The van der Waals surface area contributed by atoms with Crippen molar-refractivity contribution in [3.05, 3.63) is 41.5 Å². The highest BCUT2D eigenvalue weighted by Crippen LogP contribution is 2.24. The first-order valence-electron chi connectivity index (χ1n) is 6.63. The molecule has 0 bridgehead atoms. The van der Waals surface area contributed by atoms with Crippen molar-refractivity contribution in [3.63, 3.8) is 0 Å². The third-order valence-corrected chi connectivity index (χ3v) is 5.42. The zero-order chi connectivity index (χ0) is 16.2. The number of unbranched alkanes of at least 4 members (excludes halogenated alkanes) is 1. The van der Waals surface area contributed by atoms with E-state index in [1.54, 1.807) is 19.9 Å². The molecular formula is C15H21NO4S. The molecule has 0 atom stereocenters. The summed E-state index contributed by atoms with van der Waals surface area (Å²) in [5.41, 5.74) is 1.21. The van der Waals surface area contributed by atoms with E-state index in [1.807, 2.05) is 0 Å². The molecule has 0 aliphatic carbocycles. The maximum Gasteiger partial charge on any atom is 0.335 e. The van der Waals surface area contributed by atoms with Crippen molar-refractivity contribution in [3.8, 4) is 0 Å². The van der Waals surface area contributed by atoms with E-state index >= 15 is 0 Å². The summed E-state index contributed by atoms with van der Waals surface area (Å²) in [6.45, 7) is 7.36. The van der Waals surface area contributed by atoms with Gasteiger partial charge < -0.3 is 5.11 Å². The first-order chi connectivity index (χ1) is 9.71. The number of hydrogen-bond donors (Lipinski definition) is 1. The summed E-state index contributed by atoms with van der Waals surface area (Å²) in [5.74, 6) is -1.14. The normalized spacial score (nSPS) is 11.6. The molecule has 0 aromatic heterocycles. The number of aromatic carboxylic acids is 1. The number of allylic oxidation sites excluding steroid dienone is 1. The molecule has 6 heteroatoms. The maximum atomic E-state index is 12.6. The third kappa shape index (κ3) is 3.92. The number of carbonyl (C=O) groups is 1. The van der Waals surface area contributed by atoms with Crippen LogP contribution < -0.4 is 0 Å². The van der Waals surface area contributed by atoms with Gasteiger partial charge in [0.1, 0.15) is 0 Å². The first kappa shape index (κ1) is 17.4. The average molecular weight is 311 g/mol. The van der Waals surface area contributed by atoms with Crippen LogP contribution in [0.25, 0.3) is 0 Å². The standard InChI is InChI=1S/C15H21NO4S/c1-5-6-7-8-16(4)21(19,20)14-10-13(15(17)18)9-11(2)12(14)3/h5,9-10H,1,6-8H2,2-4H3,(H,17,18). The van der Waals surface area contributed by atoms with Gasteiger partial charge in [-0.15, -0.1) is 6.58 Å². The molecule has 1 rings (SSSR count). The summed E-state index contributed by atoms with van der Waals surface area (Å²) in [7, 11) is -2.19. The maximum absolute atomic E-state index is 12.6. The number of sulfonamides is 1. The van der Waals surface area contributed by atoms with E-state index in [-0.39, 0.29) is 10.5 Å². The van der Waals surface area contributed by atoms with Crippen molar-refractivity contribution in [2.45, 2.75) is 31.6 Å². The lowest BCUT2D eigenvalue weighted by molar-refractivity contribution is 0.0696. The van der Waals surface area contributed by atoms with Gasteiger partial charge in [0, 0.05) is 13.6 Å². The fraction of sp³-hybridized carbons (Fsp3) is 0.400. The van der Waals surface area contributed by atoms with Gasteiger partial charge in [0.05, 0.1) is 10.5 Å². The third-order valence-electron chi connectivity index (χ3n) is 3.44. The van der Waals surface area contributed by atoms with E-state index in [9.17, 15) is 13.2 Å². The molecular weight excluding hydrogens is 290 g/mol. The number of carboxylic acids is 1. The Kier molecular flexibility index (Phi) is 5.69. The average Bonchev–Trinajstić information content (AvgIpc) is 2.41. The molecule has 1 aromatic rings. The van der Waals surface area contributed by atoms with Crippen LogP contribution in [0.3, 0.4) is 0 Å². The predicted molar refractivity (Wildman–Crippen MR) is 82.1 cm³/mol. The van der Waals surface area contributed by atoms with Crippen LogP contribution in [-0.4, -0.2) is 37.4 Å². The second kappa shape index (κ2) is 6.87. The lowest BCUT2D eigenvalue weighted by atomic mass is 10.1. The van der Waals surface area contributed by atoms with Crippen molar-refractivity contribution in [1.29, 1.82) is 0 Å². The van der Waals surface area contributed by atoms with Crippen LogP contribution in [0.2, 0.25) is 0 Å². The lowest BCUT2D eigenvalue weighted by Gasteiger charge is -2.19. The summed E-state index contributed by atoms with van der Waals surface area (Å²) in [6.07, 6.45) is 3.14. The first-order valence-corrected chi connectivity index (χ1v) is 8.07. The van der Waals surface area contributed by atoms with Crippen molar-refractivity contribution in [2.75, 3.05) is 13.6 Å². The highest BCUT2D eigenvalue weighted by Gasteiger charge is 2.24. The largest absolute Gasteiger partial charge is 0.478 e. The molecule has 0 unspecified atom stereocenters. The molecule has 1 aromatic carbocycles. The van der Waals surface area contributed by atoms with Gasteiger partial charge in [-0.05, 0) is 49.9 Å². The summed E-state index contributed by atoms with van der Waals surface area (Å²) in [6, 6.07) is 2.71. The Balaban J connectivity index is 3.24. The fourth-order valence-corrected chi connectivity index (χ4v) is 3.49. The molecule has 0 saturated heterocycles. The molecule has 0 aliphatic rings. The van der Waals surface area contributed by atoms with Gasteiger partial charge in [-0.3, -0.25) is 0 Å². The van der Waals surface area contributed by atoms with Crippen molar-refractivity contribution in [1.82, 2.24) is 4.31 Å². The highest BCUT2D eigenvalue weighted by atomic mass is 32.2. The Bertz CT molecular complexity index is 650. The van der Waals surface area contributed by atoms with Gasteiger partial charge in [0.2, 0.25) is 10.0 Å². The van der Waals surface area contributed by atoms with E-state index in [4.69, 9.17) is 5.11 Å². The number of nitrogens with zero attached hydrogens (tertiary/aromatic N) is 1. The number of aryl methyl sites for hydroxylation is 1. The molecule has 0 amide bonds. The summed E-state index contributed by atoms with van der Waals surface area (Å²) in [4.78, 5) is 11.2. The fourth-order valence-electron chi connectivity index (χ4n) is 1.96. The molecule has 0 aliphatic heterocycles. The van der Waals surface area contributed by atoms with Crippen molar-refractivity contribution < 1.29 is 18.3 Å². The molecule has 21 heavy (non-hydrogen) atoms. The SMILES string of the molecule is C=CCCCN(C)S(=O)(=O)c1cc(C(=O)O)cc(C)c1C. The predicted octanol–water partition coefficient (Wildman–Crippen LogP) is 2.59. The van der Waals surface area contributed by atoms with Crippen LogP contribution >= 0.6 is 0 Å². The van der Waals surface area contributed by atoms with Crippen molar-refractivity contribution >= 4 is 16.0 Å². The Morgan fingerprint density at radius 1 is 1.38 bits per heavy atom. The number of benzene rings is 1. The highest BCUT2D eigenvalue weighted by molar-refractivity contribution is 7.89. The van der Waals surface area contributed by atoms with E-state index in [2.05, 4.69) is 6.58 Å². The Morgan fingerprint density at radius 3 is 2.52 bits per heavy atom. The summed E-state index contributed by atoms with van der Waals surface area (Å²) in [5, 5.41) is 9.08. The van der Waals surface area contributed by atoms with Gasteiger partial charge in [-0.2, -0.15) is 0 Å². The van der Waals surface area contributed by atoms with Gasteiger partial charge in [-0.1, -0.05) is 6.08 Å². The minimum atomic E-state index is -3.69. The van der Waals surface area contributed by atoms with Gasteiger partial charge in [0.25, 0.3) is 0 Å². The number of hydrogen-bond acceptors (Lipinski definition) is 3. The zero-order valence-electron chi connectivity index (χ0n) is 12.6.